The molecule has 114 valence electrons. The number of aryl methyl sites for hydroxylation is 2. The maximum absolute atomic E-state index is 4.52. The van der Waals surface area contributed by atoms with Crippen LogP contribution >= 0.6 is 15.9 Å². The summed E-state index contributed by atoms with van der Waals surface area (Å²) in [7, 11) is 0. The Kier molecular flexibility index (Phi) is 5.59. The van der Waals surface area contributed by atoms with E-state index in [-0.39, 0.29) is 0 Å². The Hall–Kier alpha value is -1.13. The van der Waals surface area contributed by atoms with Crippen molar-refractivity contribution in [2.24, 2.45) is 5.92 Å². The minimum Gasteiger partial charge on any atom is -0.312 e. The molecular formula is C17H24BrN3. The van der Waals surface area contributed by atoms with Crippen molar-refractivity contribution in [3.05, 3.63) is 51.3 Å². The lowest BCUT2D eigenvalue weighted by atomic mass is 10.1. The zero-order valence-corrected chi connectivity index (χ0v) is 14.9. The Morgan fingerprint density at radius 1 is 1.24 bits per heavy atom. The molecule has 0 bridgehead atoms. The number of benzene rings is 1. The maximum atomic E-state index is 4.52. The maximum Gasteiger partial charge on any atom is 0.0673 e. The fraction of sp³-hybridized carbons (Fsp3) is 0.471. The normalized spacial score (nSPS) is 11.3. The van der Waals surface area contributed by atoms with E-state index in [1.165, 1.54) is 16.8 Å². The van der Waals surface area contributed by atoms with E-state index < -0.39 is 0 Å². The van der Waals surface area contributed by atoms with Crippen LogP contribution in [0.25, 0.3) is 0 Å². The molecule has 0 radical (unpaired) electrons. The van der Waals surface area contributed by atoms with E-state index in [0.717, 1.165) is 29.8 Å². The molecule has 4 heteroatoms. The third-order valence-electron chi connectivity index (χ3n) is 3.42. The lowest BCUT2D eigenvalue weighted by Crippen LogP contribution is -2.19. The van der Waals surface area contributed by atoms with Crippen LogP contribution < -0.4 is 5.32 Å². The quantitative estimate of drug-likeness (QED) is 0.852. The van der Waals surface area contributed by atoms with Crippen LogP contribution in [0, 0.1) is 19.8 Å². The highest BCUT2D eigenvalue weighted by Crippen LogP contribution is 2.20. The summed E-state index contributed by atoms with van der Waals surface area (Å²) in [6.07, 6.45) is 0. The van der Waals surface area contributed by atoms with Crippen molar-refractivity contribution >= 4 is 15.9 Å². The predicted molar refractivity (Wildman–Crippen MR) is 91.5 cm³/mol. The summed E-state index contributed by atoms with van der Waals surface area (Å²) < 4.78 is 3.20. The average molecular weight is 350 g/mol. The van der Waals surface area contributed by atoms with E-state index in [2.05, 4.69) is 71.4 Å². The lowest BCUT2D eigenvalue weighted by molar-refractivity contribution is 0.552. The third-order valence-corrected chi connectivity index (χ3v) is 4.16. The summed E-state index contributed by atoms with van der Waals surface area (Å²) in [6.45, 7) is 11.3. The summed E-state index contributed by atoms with van der Waals surface area (Å²) in [5, 5.41) is 7.99. The average Bonchev–Trinajstić information content (AvgIpc) is 2.70. The molecule has 1 aromatic carbocycles. The first-order chi connectivity index (χ1) is 9.95. The van der Waals surface area contributed by atoms with E-state index in [1.807, 2.05) is 11.6 Å². The fourth-order valence-electron chi connectivity index (χ4n) is 2.33. The summed E-state index contributed by atoms with van der Waals surface area (Å²) in [5.74, 6) is 0.679. The van der Waals surface area contributed by atoms with Crippen molar-refractivity contribution in [2.45, 2.75) is 40.8 Å². The van der Waals surface area contributed by atoms with Gasteiger partial charge < -0.3 is 5.32 Å². The molecule has 0 spiro atoms. The molecule has 0 aliphatic rings. The van der Waals surface area contributed by atoms with Crippen LogP contribution in [0.15, 0.2) is 28.7 Å². The van der Waals surface area contributed by atoms with Crippen LogP contribution in [0.3, 0.4) is 0 Å². The first-order valence-electron chi connectivity index (χ1n) is 7.44. The molecule has 2 rings (SSSR count). The molecule has 0 fully saturated rings. The van der Waals surface area contributed by atoms with Crippen molar-refractivity contribution in [3.63, 3.8) is 0 Å². The standard InChI is InChI=1S/C17H24BrN3/c1-12(2)9-19-10-15-5-6-16(17(18)8-15)11-21-14(4)7-13(3)20-21/h5-8,12,19H,9-11H2,1-4H3. The van der Waals surface area contributed by atoms with Gasteiger partial charge in [0, 0.05) is 16.7 Å². The number of hydrogen-bond acceptors (Lipinski definition) is 2. The zero-order chi connectivity index (χ0) is 15.4. The third kappa shape index (κ3) is 4.68. The zero-order valence-electron chi connectivity index (χ0n) is 13.3. The van der Waals surface area contributed by atoms with Crippen LogP contribution in [-0.2, 0) is 13.1 Å². The van der Waals surface area contributed by atoms with Gasteiger partial charge in [-0.15, -0.1) is 0 Å². The van der Waals surface area contributed by atoms with Crippen LogP contribution in [0.5, 0.6) is 0 Å². The second-order valence-electron chi connectivity index (χ2n) is 6.04. The topological polar surface area (TPSA) is 29.9 Å². The molecule has 2 aromatic rings. The van der Waals surface area contributed by atoms with Crippen LogP contribution in [0.4, 0.5) is 0 Å². The van der Waals surface area contributed by atoms with Crippen molar-refractivity contribution in [1.29, 1.82) is 0 Å². The van der Waals surface area contributed by atoms with Gasteiger partial charge in [0.2, 0.25) is 0 Å². The molecule has 1 N–H and O–H groups in total. The van der Waals surface area contributed by atoms with E-state index >= 15 is 0 Å². The van der Waals surface area contributed by atoms with Gasteiger partial charge in [-0.3, -0.25) is 4.68 Å². The Morgan fingerprint density at radius 3 is 2.57 bits per heavy atom. The SMILES string of the molecule is Cc1cc(C)n(Cc2ccc(CNCC(C)C)cc2Br)n1. The highest BCUT2D eigenvalue weighted by Gasteiger charge is 2.06. The number of aromatic nitrogens is 2. The monoisotopic (exact) mass is 349 g/mol. The number of hydrogen-bond donors (Lipinski definition) is 1. The minimum absolute atomic E-state index is 0.679. The van der Waals surface area contributed by atoms with Crippen molar-refractivity contribution in [1.82, 2.24) is 15.1 Å². The minimum atomic E-state index is 0.679. The van der Waals surface area contributed by atoms with Gasteiger partial charge in [-0.05, 0) is 49.6 Å². The van der Waals surface area contributed by atoms with Crippen LogP contribution in [0.1, 0.15) is 36.4 Å². The van der Waals surface area contributed by atoms with Gasteiger partial charge in [-0.25, -0.2) is 0 Å². The molecule has 1 aromatic heterocycles. The van der Waals surface area contributed by atoms with E-state index in [0.29, 0.717) is 5.92 Å². The van der Waals surface area contributed by atoms with Gasteiger partial charge in [0.1, 0.15) is 0 Å². The molecule has 0 aliphatic carbocycles. The van der Waals surface area contributed by atoms with Crippen molar-refractivity contribution in [2.75, 3.05) is 6.54 Å². The number of rotatable bonds is 6. The highest BCUT2D eigenvalue weighted by atomic mass is 79.9. The van der Waals surface area contributed by atoms with Crippen LogP contribution in [0.2, 0.25) is 0 Å². The summed E-state index contributed by atoms with van der Waals surface area (Å²) in [4.78, 5) is 0. The number of halogens is 1. The lowest BCUT2D eigenvalue weighted by Gasteiger charge is -2.11. The molecule has 3 nitrogen and oxygen atoms in total. The molecule has 21 heavy (non-hydrogen) atoms. The second-order valence-corrected chi connectivity index (χ2v) is 6.89. The molecular weight excluding hydrogens is 326 g/mol. The molecule has 0 aliphatic heterocycles. The van der Waals surface area contributed by atoms with Crippen LogP contribution in [-0.4, -0.2) is 16.3 Å². The Balaban J connectivity index is 2.03. The summed E-state index contributed by atoms with van der Waals surface area (Å²) >= 11 is 3.69. The van der Waals surface area contributed by atoms with Crippen molar-refractivity contribution < 1.29 is 0 Å². The van der Waals surface area contributed by atoms with Gasteiger partial charge in [0.05, 0.1) is 12.2 Å². The predicted octanol–water partition coefficient (Wildman–Crippen LogP) is 4.06. The van der Waals surface area contributed by atoms with E-state index in [1.54, 1.807) is 0 Å². The Bertz CT molecular complexity index is 602. The van der Waals surface area contributed by atoms with Gasteiger partial charge in [-0.1, -0.05) is 41.9 Å². The Labute approximate surface area is 135 Å². The molecule has 0 saturated carbocycles. The highest BCUT2D eigenvalue weighted by molar-refractivity contribution is 9.10. The van der Waals surface area contributed by atoms with E-state index in [4.69, 9.17) is 0 Å². The molecule has 0 saturated heterocycles. The summed E-state index contributed by atoms with van der Waals surface area (Å²) in [6, 6.07) is 8.69. The molecule has 0 atom stereocenters. The van der Waals surface area contributed by atoms with Gasteiger partial charge >= 0.3 is 0 Å². The molecule has 1 heterocycles. The largest absolute Gasteiger partial charge is 0.312 e. The van der Waals surface area contributed by atoms with Gasteiger partial charge in [-0.2, -0.15) is 5.10 Å². The van der Waals surface area contributed by atoms with Gasteiger partial charge in [0.15, 0.2) is 0 Å². The Morgan fingerprint density at radius 2 is 2.00 bits per heavy atom. The first-order valence-corrected chi connectivity index (χ1v) is 8.24. The fourth-order valence-corrected chi connectivity index (χ4v) is 2.88. The van der Waals surface area contributed by atoms with Gasteiger partial charge in [0.25, 0.3) is 0 Å². The summed E-state index contributed by atoms with van der Waals surface area (Å²) in [5.41, 5.74) is 4.83. The number of nitrogens with zero attached hydrogens (tertiary/aromatic N) is 2. The second kappa shape index (κ2) is 7.23. The molecule has 0 amide bonds. The first kappa shape index (κ1) is 16.2. The van der Waals surface area contributed by atoms with Crippen molar-refractivity contribution in [3.8, 4) is 0 Å². The van der Waals surface area contributed by atoms with E-state index in [9.17, 15) is 0 Å². The smallest absolute Gasteiger partial charge is 0.0673 e. The molecule has 0 unspecified atom stereocenters. The number of nitrogens with one attached hydrogen (secondary N) is 1.